The number of hydrogen-bond acceptors (Lipinski definition) is 2. The van der Waals surface area contributed by atoms with E-state index in [2.05, 4.69) is 6.92 Å². The first kappa shape index (κ1) is 6.20. The van der Waals surface area contributed by atoms with Crippen LogP contribution in [0.5, 0.6) is 0 Å². The van der Waals surface area contributed by atoms with Crippen LogP contribution in [0.25, 0.3) is 0 Å². The van der Waals surface area contributed by atoms with Crippen molar-refractivity contribution in [2.24, 2.45) is 10.8 Å². The minimum absolute atomic E-state index is 0.00299. The van der Waals surface area contributed by atoms with E-state index in [4.69, 9.17) is 4.74 Å². The third-order valence-electron chi connectivity index (χ3n) is 2.96. The fraction of sp³-hybridized carbons (Fsp3) is 0.875. The molecule has 2 heteroatoms. The second-order valence-electron chi connectivity index (χ2n) is 3.72. The third-order valence-corrected chi connectivity index (χ3v) is 2.96. The van der Waals surface area contributed by atoms with Gasteiger partial charge in [0.15, 0.2) is 0 Å². The topological polar surface area (TPSA) is 26.3 Å². The van der Waals surface area contributed by atoms with E-state index in [0.29, 0.717) is 12.0 Å². The van der Waals surface area contributed by atoms with E-state index in [1.165, 1.54) is 0 Å². The van der Waals surface area contributed by atoms with Gasteiger partial charge < -0.3 is 4.74 Å². The Morgan fingerprint density at radius 2 is 2.10 bits per heavy atom. The molecule has 0 amide bonds. The van der Waals surface area contributed by atoms with Gasteiger partial charge in [0, 0.05) is 0 Å². The first-order valence-corrected chi connectivity index (χ1v) is 3.82. The van der Waals surface area contributed by atoms with Crippen LogP contribution in [0.2, 0.25) is 0 Å². The number of ether oxygens (including phenoxy) is 1. The second kappa shape index (κ2) is 1.39. The summed E-state index contributed by atoms with van der Waals surface area (Å²) in [5, 5.41) is 0. The van der Waals surface area contributed by atoms with Crippen molar-refractivity contribution >= 4 is 5.97 Å². The normalized spacial score (nSPS) is 47.8. The number of hydrogen-bond donors (Lipinski definition) is 0. The lowest BCUT2D eigenvalue weighted by Crippen LogP contribution is -2.11. The van der Waals surface area contributed by atoms with Crippen molar-refractivity contribution in [2.45, 2.75) is 26.7 Å². The first-order chi connectivity index (χ1) is 4.65. The first-order valence-electron chi connectivity index (χ1n) is 3.82. The summed E-state index contributed by atoms with van der Waals surface area (Å²) >= 11 is 0. The van der Waals surface area contributed by atoms with Crippen molar-refractivity contribution in [1.29, 1.82) is 0 Å². The van der Waals surface area contributed by atoms with E-state index in [0.717, 1.165) is 12.8 Å². The van der Waals surface area contributed by atoms with Crippen LogP contribution in [-0.4, -0.2) is 12.6 Å². The highest BCUT2D eigenvalue weighted by Gasteiger charge is 2.85. The van der Waals surface area contributed by atoms with Crippen LogP contribution in [0.1, 0.15) is 26.7 Å². The molecule has 0 bridgehead atoms. The molecule has 0 heterocycles. The monoisotopic (exact) mass is 140 g/mol. The summed E-state index contributed by atoms with van der Waals surface area (Å²) in [6, 6.07) is 0. The van der Waals surface area contributed by atoms with Gasteiger partial charge in [-0.1, -0.05) is 6.92 Å². The largest absolute Gasteiger partial charge is 0.466 e. The Bertz CT molecular complexity index is 189. The van der Waals surface area contributed by atoms with Crippen molar-refractivity contribution in [1.82, 2.24) is 0 Å². The van der Waals surface area contributed by atoms with Crippen molar-refractivity contribution < 1.29 is 9.53 Å². The highest BCUT2D eigenvalue weighted by atomic mass is 16.5. The molecule has 2 rings (SSSR count). The molecule has 0 radical (unpaired) electrons. The van der Waals surface area contributed by atoms with Gasteiger partial charge in [0.1, 0.15) is 0 Å². The fourth-order valence-electron chi connectivity index (χ4n) is 1.85. The molecule has 0 aromatic rings. The Morgan fingerprint density at radius 3 is 2.40 bits per heavy atom. The van der Waals surface area contributed by atoms with Crippen LogP contribution in [0.4, 0.5) is 0 Å². The molecule has 0 atom stereocenters. The Morgan fingerprint density at radius 1 is 1.60 bits per heavy atom. The molecule has 56 valence electrons. The number of esters is 1. The molecule has 2 saturated carbocycles. The molecule has 0 saturated heterocycles. The minimum Gasteiger partial charge on any atom is -0.466 e. The maximum atomic E-state index is 11.2. The van der Waals surface area contributed by atoms with Gasteiger partial charge in [-0.3, -0.25) is 4.79 Å². The zero-order valence-electron chi connectivity index (χ0n) is 6.44. The van der Waals surface area contributed by atoms with Crippen LogP contribution in [0.3, 0.4) is 0 Å². The van der Waals surface area contributed by atoms with Crippen LogP contribution in [-0.2, 0) is 9.53 Å². The van der Waals surface area contributed by atoms with Crippen molar-refractivity contribution in [3.63, 3.8) is 0 Å². The average molecular weight is 140 g/mol. The van der Waals surface area contributed by atoms with Crippen molar-refractivity contribution in [3.05, 3.63) is 0 Å². The average Bonchev–Trinajstić information content (AvgIpc) is 2.53. The van der Waals surface area contributed by atoms with E-state index in [1.54, 1.807) is 0 Å². The summed E-state index contributed by atoms with van der Waals surface area (Å²) in [6.45, 7) is 4.54. The Hall–Kier alpha value is -0.530. The molecule has 10 heavy (non-hydrogen) atoms. The predicted octanol–water partition coefficient (Wildman–Crippen LogP) is 1.35. The highest BCUT2D eigenvalue weighted by Crippen LogP contribution is 2.86. The summed E-state index contributed by atoms with van der Waals surface area (Å²) in [6.07, 6.45) is 2.14. The number of carbonyl (C=O) groups is 1. The summed E-state index contributed by atoms with van der Waals surface area (Å²) < 4.78 is 4.94. The van der Waals surface area contributed by atoms with Gasteiger partial charge in [0.05, 0.1) is 12.0 Å². The Balaban J connectivity index is 1.97. The Kier molecular flexibility index (Phi) is 0.859. The van der Waals surface area contributed by atoms with Gasteiger partial charge in [0.25, 0.3) is 0 Å². The van der Waals surface area contributed by atoms with E-state index in [9.17, 15) is 4.79 Å². The minimum atomic E-state index is 0.00299. The SMILES string of the molecule is CCOC(=O)C12CC1(C)C2. The fourth-order valence-corrected chi connectivity index (χ4v) is 1.85. The molecular formula is C8H12O2. The van der Waals surface area contributed by atoms with Crippen LogP contribution in [0, 0.1) is 10.8 Å². The standard InChI is InChI=1S/C8H12O2/c1-3-10-6(9)8-4-7(8,2)5-8/h3-5H2,1-2H3. The summed E-state index contributed by atoms with van der Waals surface area (Å²) in [5.41, 5.74) is 0.363. The van der Waals surface area contributed by atoms with E-state index >= 15 is 0 Å². The zero-order valence-corrected chi connectivity index (χ0v) is 6.44. The van der Waals surface area contributed by atoms with Gasteiger partial charge in [-0.2, -0.15) is 0 Å². The summed E-state index contributed by atoms with van der Waals surface area (Å²) in [5.74, 6) is 0.0394. The lowest BCUT2D eigenvalue weighted by atomic mass is 10.2. The van der Waals surface area contributed by atoms with Crippen LogP contribution >= 0.6 is 0 Å². The van der Waals surface area contributed by atoms with E-state index < -0.39 is 0 Å². The lowest BCUT2D eigenvalue weighted by Gasteiger charge is -2.01. The molecule has 0 aromatic heterocycles. The zero-order chi connectivity index (χ0) is 7.41. The highest BCUT2D eigenvalue weighted by molar-refractivity contribution is 5.87. The molecule has 0 spiro atoms. The van der Waals surface area contributed by atoms with Gasteiger partial charge in [0.2, 0.25) is 0 Å². The molecule has 2 nitrogen and oxygen atoms in total. The molecule has 0 N–H and O–H groups in total. The van der Waals surface area contributed by atoms with Crippen LogP contribution in [0.15, 0.2) is 0 Å². The molecule has 2 aliphatic rings. The smallest absolute Gasteiger partial charge is 0.312 e. The van der Waals surface area contributed by atoms with Gasteiger partial charge >= 0.3 is 5.97 Å². The predicted molar refractivity (Wildman–Crippen MR) is 36.4 cm³/mol. The third kappa shape index (κ3) is 0.482. The molecule has 0 aliphatic heterocycles. The molecule has 0 aromatic carbocycles. The number of carbonyl (C=O) groups excluding carboxylic acids is 1. The lowest BCUT2D eigenvalue weighted by molar-refractivity contribution is -0.147. The number of fused-ring (bicyclic) bond motifs is 1. The van der Waals surface area contributed by atoms with Crippen molar-refractivity contribution in [2.75, 3.05) is 6.61 Å². The summed E-state index contributed by atoms with van der Waals surface area (Å²) in [7, 11) is 0. The Labute approximate surface area is 60.6 Å². The maximum Gasteiger partial charge on any atom is 0.312 e. The van der Waals surface area contributed by atoms with Gasteiger partial charge in [-0.25, -0.2) is 0 Å². The van der Waals surface area contributed by atoms with Crippen LogP contribution < -0.4 is 0 Å². The molecule has 0 unspecified atom stereocenters. The van der Waals surface area contributed by atoms with E-state index in [-0.39, 0.29) is 11.4 Å². The van der Waals surface area contributed by atoms with Gasteiger partial charge in [-0.15, -0.1) is 0 Å². The van der Waals surface area contributed by atoms with E-state index in [1.807, 2.05) is 6.92 Å². The molecular weight excluding hydrogens is 128 g/mol. The maximum absolute atomic E-state index is 11.2. The van der Waals surface area contributed by atoms with Crippen molar-refractivity contribution in [3.8, 4) is 0 Å². The number of rotatable bonds is 2. The molecule has 2 aliphatic carbocycles. The van der Waals surface area contributed by atoms with Gasteiger partial charge in [-0.05, 0) is 25.2 Å². The quantitative estimate of drug-likeness (QED) is 0.541. The molecule has 2 fully saturated rings. The second-order valence-corrected chi connectivity index (χ2v) is 3.72. The summed E-state index contributed by atoms with van der Waals surface area (Å²) in [4.78, 5) is 11.2.